The number of alkyl halides is 1. The number of rotatable bonds is 2. The molecular weight excluding hydrogens is 400 g/mol. The van der Waals surface area contributed by atoms with Crippen LogP contribution in [0, 0.1) is 0 Å². The Labute approximate surface area is 173 Å². The van der Waals surface area contributed by atoms with Gasteiger partial charge >= 0.3 is 6.09 Å². The van der Waals surface area contributed by atoms with Crippen LogP contribution in [-0.4, -0.2) is 51.3 Å². The number of ether oxygens (including phenoxy) is 1. The number of amides is 1. The van der Waals surface area contributed by atoms with Crippen molar-refractivity contribution in [2.24, 2.45) is 7.05 Å². The van der Waals surface area contributed by atoms with Gasteiger partial charge in [-0.25, -0.2) is 9.78 Å². The Morgan fingerprint density at radius 1 is 1.32 bits per heavy atom. The zero-order valence-corrected chi connectivity index (χ0v) is 18.7. The number of piperazine rings is 1. The van der Waals surface area contributed by atoms with Crippen LogP contribution >= 0.6 is 22.9 Å². The first-order valence-corrected chi connectivity index (χ1v) is 10.7. The van der Waals surface area contributed by atoms with Crippen LogP contribution in [0.25, 0.3) is 10.3 Å². The van der Waals surface area contributed by atoms with Crippen LogP contribution in [0.3, 0.4) is 0 Å². The second-order valence-corrected chi connectivity index (χ2v) is 9.63. The van der Waals surface area contributed by atoms with Gasteiger partial charge in [0.05, 0.1) is 11.6 Å². The highest BCUT2D eigenvalue weighted by Crippen LogP contribution is 2.32. The van der Waals surface area contributed by atoms with Crippen molar-refractivity contribution >= 4 is 45.1 Å². The Kier molecular flexibility index (Phi) is 5.64. The lowest BCUT2D eigenvalue weighted by molar-refractivity contribution is 0.0130. The highest BCUT2D eigenvalue weighted by Gasteiger charge is 2.35. The molecule has 7 nitrogen and oxygen atoms in total. The number of pyridine rings is 1. The van der Waals surface area contributed by atoms with Crippen molar-refractivity contribution in [2.75, 3.05) is 18.0 Å². The number of aryl methyl sites for hydroxylation is 1. The molecule has 3 rings (SSSR count). The first-order chi connectivity index (χ1) is 13.0. The van der Waals surface area contributed by atoms with Gasteiger partial charge in [-0.15, -0.1) is 11.6 Å². The van der Waals surface area contributed by atoms with E-state index in [0.29, 0.717) is 19.0 Å². The first kappa shape index (κ1) is 20.9. The van der Waals surface area contributed by atoms with Gasteiger partial charge < -0.3 is 19.1 Å². The van der Waals surface area contributed by atoms with Crippen molar-refractivity contribution in [3.63, 3.8) is 0 Å². The number of hydrogen-bond donors (Lipinski definition) is 0. The molecule has 2 aromatic rings. The van der Waals surface area contributed by atoms with E-state index in [0.717, 1.165) is 21.0 Å². The van der Waals surface area contributed by atoms with Gasteiger partial charge in [-0.1, -0.05) is 11.3 Å². The fourth-order valence-electron chi connectivity index (χ4n) is 3.44. The number of carbonyl (C=O) groups is 1. The molecule has 0 spiro atoms. The van der Waals surface area contributed by atoms with Gasteiger partial charge in [-0.2, -0.15) is 0 Å². The van der Waals surface area contributed by atoms with Crippen LogP contribution in [0.15, 0.2) is 10.9 Å². The van der Waals surface area contributed by atoms with E-state index in [9.17, 15) is 9.59 Å². The largest absolute Gasteiger partial charge is 0.444 e. The molecule has 3 heterocycles. The number of nitrogens with zero attached hydrogens (tertiary/aromatic N) is 4. The molecule has 1 aliphatic rings. The molecular formula is C19H27ClN4O3S. The van der Waals surface area contributed by atoms with Gasteiger partial charge in [0.15, 0.2) is 0 Å². The number of carbonyl (C=O) groups excluding carboxylic acids is 1. The highest BCUT2D eigenvalue weighted by atomic mass is 35.5. The van der Waals surface area contributed by atoms with Crippen molar-refractivity contribution in [3.8, 4) is 0 Å². The summed E-state index contributed by atoms with van der Waals surface area (Å²) in [5.41, 5.74) is 0.969. The van der Waals surface area contributed by atoms with Crippen molar-refractivity contribution in [2.45, 2.75) is 58.2 Å². The van der Waals surface area contributed by atoms with Crippen molar-refractivity contribution in [1.82, 2.24) is 14.5 Å². The summed E-state index contributed by atoms with van der Waals surface area (Å²) in [5.74, 6) is 0.311. The topological polar surface area (TPSA) is 67.7 Å². The molecule has 2 atom stereocenters. The Bertz CT molecular complexity index is 949. The van der Waals surface area contributed by atoms with Crippen molar-refractivity contribution in [3.05, 3.63) is 21.4 Å². The summed E-state index contributed by atoms with van der Waals surface area (Å²) in [5, 5.41) is 0.784. The molecule has 0 aromatic carbocycles. The quantitative estimate of drug-likeness (QED) is 0.687. The molecule has 28 heavy (non-hydrogen) atoms. The molecule has 1 amide bonds. The van der Waals surface area contributed by atoms with E-state index in [-0.39, 0.29) is 23.7 Å². The third-order valence-electron chi connectivity index (χ3n) is 4.83. The minimum Gasteiger partial charge on any atom is -0.444 e. The average molecular weight is 427 g/mol. The lowest BCUT2D eigenvalue weighted by atomic mass is 10.1. The zero-order valence-electron chi connectivity index (χ0n) is 17.2. The minimum atomic E-state index is -0.534. The molecule has 0 N–H and O–H groups in total. The molecule has 0 bridgehead atoms. The molecule has 2 aromatic heterocycles. The van der Waals surface area contributed by atoms with E-state index < -0.39 is 5.60 Å². The molecule has 1 fully saturated rings. The highest BCUT2D eigenvalue weighted by molar-refractivity contribution is 7.18. The van der Waals surface area contributed by atoms with Gasteiger partial charge in [-0.3, -0.25) is 4.79 Å². The molecule has 9 heteroatoms. The summed E-state index contributed by atoms with van der Waals surface area (Å²) in [6.45, 7) is 10.7. The molecule has 0 radical (unpaired) electrons. The predicted molar refractivity (Wildman–Crippen MR) is 114 cm³/mol. The normalized spacial score (nSPS) is 20.7. The number of aromatic nitrogens is 2. The fraction of sp³-hybridized carbons (Fsp3) is 0.632. The second kappa shape index (κ2) is 7.55. The van der Waals surface area contributed by atoms with Gasteiger partial charge in [0.2, 0.25) is 0 Å². The number of thiazole rings is 1. The molecule has 1 saturated heterocycles. The van der Waals surface area contributed by atoms with E-state index in [4.69, 9.17) is 16.3 Å². The molecule has 1 aliphatic heterocycles. The Morgan fingerprint density at radius 2 is 2.00 bits per heavy atom. The van der Waals surface area contributed by atoms with Crippen LogP contribution in [0.4, 0.5) is 10.5 Å². The zero-order chi connectivity index (χ0) is 20.8. The maximum Gasteiger partial charge on any atom is 0.410 e. The maximum absolute atomic E-state index is 12.6. The van der Waals surface area contributed by atoms with E-state index in [2.05, 4.69) is 9.88 Å². The van der Waals surface area contributed by atoms with Crippen LogP contribution in [-0.2, 0) is 17.7 Å². The average Bonchev–Trinajstić information content (AvgIpc) is 3.03. The fourth-order valence-corrected chi connectivity index (χ4v) is 4.56. The lowest BCUT2D eigenvalue weighted by Gasteiger charge is -2.45. The summed E-state index contributed by atoms with van der Waals surface area (Å²) < 4.78 is 7.16. The third kappa shape index (κ3) is 3.98. The third-order valence-corrected chi connectivity index (χ3v) is 6.37. The van der Waals surface area contributed by atoms with Crippen molar-refractivity contribution < 1.29 is 9.53 Å². The second-order valence-electron chi connectivity index (χ2n) is 8.30. The molecule has 154 valence electrons. The van der Waals surface area contributed by atoms with Crippen LogP contribution in [0.2, 0.25) is 0 Å². The van der Waals surface area contributed by atoms with E-state index in [1.165, 1.54) is 11.3 Å². The van der Waals surface area contributed by atoms with E-state index in [1.54, 1.807) is 22.6 Å². The SMILES string of the molecule is C[C@@H]1CN(c2cc(=O)n(C)c3sc(CCl)nc23)[C@@H](C)CN1C(=O)OC(C)(C)C. The molecule has 0 unspecified atom stereocenters. The summed E-state index contributed by atoms with van der Waals surface area (Å²) in [6, 6.07) is 1.59. The van der Waals surface area contributed by atoms with Gasteiger partial charge in [-0.05, 0) is 34.6 Å². The summed E-state index contributed by atoms with van der Waals surface area (Å²) in [7, 11) is 1.75. The lowest BCUT2D eigenvalue weighted by Crippen LogP contribution is -2.59. The van der Waals surface area contributed by atoms with Crippen LogP contribution in [0.1, 0.15) is 39.6 Å². The number of anilines is 1. The predicted octanol–water partition coefficient (Wildman–Crippen LogP) is 3.57. The monoisotopic (exact) mass is 426 g/mol. The number of hydrogen-bond acceptors (Lipinski definition) is 6. The van der Waals surface area contributed by atoms with Crippen molar-refractivity contribution in [1.29, 1.82) is 0 Å². The standard InChI is InChI=1S/C19H27ClN4O3S/c1-11-10-24(18(26)27-19(3,4)5)12(2)9-23(11)13-7-15(25)22(6)17-16(13)21-14(8-20)28-17/h7,11-12H,8-10H2,1-6H3/t11-,12+/m0/s1. The van der Waals surface area contributed by atoms with Crippen LogP contribution < -0.4 is 10.5 Å². The Hall–Kier alpha value is -1.80. The van der Waals surface area contributed by atoms with Gasteiger partial charge in [0.1, 0.15) is 21.0 Å². The minimum absolute atomic E-state index is 0.0141. The van der Waals surface area contributed by atoms with E-state index >= 15 is 0 Å². The Balaban J connectivity index is 1.94. The Morgan fingerprint density at radius 3 is 2.61 bits per heavy atom. The number of fused-ring (bicyclic) bond motifs is 1. The smallest absolute Gasteiger partial charge is 0.410 e. The van der Waals surface area contributed by atoms with E-state index in [1.807, 2.05) is 34.6 Å². The molecule has 0 aliphatic carbocycles. The maximum atomic E-state index is 12.6. The first-order valence-electron chi connectivity index (χ1n) is 9.33. The van der Waals surface area contributed by atoms with Gasteiger partial charge in [0, 0.05) is 38.3 Å². The summed E-state index contributed by atoms with van der Waals surface area (Å²) >= 11 is 7.41. The van der Waals surface area contributed by atoms with Gasteiger partial charge in [0.25, 0.3) is 5.56 Å². The summed E-state index contributed by atoms with van der Waals surface area (Å²) in [4.78, 5) is 34.5. The molecule has 0 saturated carbocycles. The number of halogens is 1. The van der Waals surface area contributed by atoms with Crippen LogP contribution in [0.5, 0.6) is 0 Å². The summed E-state index contributed by atoms with van der Waals surface area (Å²) in [6.07, 6.45) is -0.307.